The van der Waals surface area contributed by atoms with Crippen LogP contribution in [0.2, 0.25) is 0 Å². The molecule has 0 heterocycles. The number of hydrogen-bond donors (Lipinski definition) is 1. The molecule has 3 nitrogen and oxygen atoms in total. The predicted octanol–water partition coefficient (Wildman–Crippen LogP) is 1.45. The Bertz CT molecular complexity index is 237. The lowest BCUT2D eigenvalue weighted by Gasteiger charge is -2.23. The lowest BCUT2D eigenvalue weighted by molar-refractivity contribution is 0.398. The van der Waals surface area contributed by atoms with E-state index in [1.807, 2.05) is 6.92 Å². The number of hydrogen-bond acceptors (Lipinski definition) is 3. The third kappa shape index (κ3) is 4.96. The SMILES string of the molecule is CCNC(CS(=O)(=O)CC)C(C)CC. The number of rotatable bonds is 7. The van der Waals surface area contributed by atoms with Crippen molar-refractivity contribution < 1.29 is 8.42 Å². The quantitative estimate of drug-likeness (QED) is 0.707. The highest BCUT2D eigenvalue weighted by atomic mass is 32.2. The van der Waals surface area contributed by atoms with E-state index in [1.54, 1.807) is 6.92 Å². The molecular weight excluding hydrogens is 198 g/mol. The minimum Gasteiger partial charge on any atom is -0.313 e. The second-order valence-electron chi connectivity index (χ2n) is 3.75. The molecule has 2 atom stereocenters. The van der Waals surface area contributed by atoms with Crippen LogP contribution in [0.1, 0.15) is 34.1 Å². The number of nitrogens with one attached hydrogen (secondary N) is 1. The molecule has 0 fully saturated rings. The second kappa shape index (κ2) is 6.40. The van der Waals surface area contributed by atoms with E-state index in [-0.39, 0.29) is 17.5 Å². The average Bonchev–Trinajstić information content (AvgIpc) is 2.16. The van der Waals surface area contributed by atoms with Gasteiger partial charge < -0.3 is 5.32 Å². The topological polar surface area (TPSA) is 46.2 Å². The zero-order valence-electron chi connectivity index (χ0n) is 9.71. The predicted molar refractivity (Wildman–Crippen MR) is 61.2 cm³/mol. The van der Waals surface area contributed by atoms with Gasteiger partial charge in [0.05, 0.1) is 5.75 Å². The first-order valence-electron chi connectivity index (χ1n) is 5.40. The van der Waals surface area contributed by atoms with Crippen LogP contribution in [0.4, 0.5) is 0 Å². The fourth-order valence-electron chi connectivity index (χ4n) is 1.36. The first-order chi connectivity index (χ1) is 6.46. The molecule has 0 rings (SSSR count). The van der Waals surface area contributed by atoms with Crippen molar-refractivity contribution >= 4 is 9.84 Å². The summed E-state index contributed by atoms with van der Waals surface area (Å²) in [4.78, 5) is 0. The molecule has 0 aliphatic rings. The Balaban J connectivity index is 4.37. The van der Waals surface area contributed by atoms with Gasteiger partial charge in [-0.2, -0.15) is 0 Å². The van der Waals surface area contributed by atoms with E-state index in [9.17, 15) is 8.42 Å². The van der Waals surface area contributed by atoms with Gasteiger partial charge in [0, 0.05) is 11.8 Å². The molecule has 0 aromatic carbocycles. The van der Waals surface area contributed by atoms with E-state index in [0.29, 0.717) is 5.92 Å². The van der Waals surface area contributed by atoms with Gasteiger partial charge in [-0.3, -0.25) is 0 Å². The van der Waals surface area contributed by atoms with E-state index in [1.165, 1.54) is 0 Å². The molecule has 0 radical (unpaired) electrons. The Kier molecular flexibility index (Phi) is 6.36. The lowest BCUT2D eigenvalue weighted by Crippen LogP contribution is -2.40. The summed E-state index contributed by atoms with van der Waals surface area (Å²) in [6.45, 7) is 8.73. The van der Waals surface area contributed by atoms with Crippen molar-refractivity contribution in [1.82, 2.24) is 5.32 Å². The standard InChI is InChI=1S/C10H23NO2S/c1-5-9(4)10(11-6-2)8-14(12,13)7-3/h9-11H,5-8H2,1-4H3. The third-order valence-corrected chi connectivity index (χ3v) is 4.42. The maximum Gasteiger partial charge on any atom is 0.151 e. The van der Waals surface area contributed by atoms with E-state index in [0.717, 1.165) is 13.0 Å². The molecule has 0 amide bonds. The largest absolute Gasteiger partial charge is 0.313 e. The van der Waals surface area contributed by atoms with E-state index in [2.05, 4.69) is 19.2 Å². The molecule has 0 bridgehead atoms. The zero-order valence-corrected chi connectivity index (χ0v) is 10.5. The molecule has 1 N–H and O–H groups in total. The van der Waals surface area contributed by atoms with Crippen LogP contribution in [0.25, 0.3) is 0 Å². The van der Waals surface area contributed by atoms with Gasteiger partial charge in [0.25, 0.3) is 0 Å². The first-order valence-corrected chi connectivity index (χ1v) is 7.22. The van der Waals surface area contributed by atoms with E-state index >= 15 is 0 Å². The van der Waals surface area contributed by atoms with Crippen LogP contribution in [0.15, 0.2) is 0 Å². The molecular formula is C10H23NO2S. The van der Waals surface area contributed by atoms with Crippen molar-refractivity contribution in [2.45, 2.75) is 40.2 Å². The summed E-state index contributed by atoms with van der Waals surface area (Å²) < 4.78 is 22.9. The van der Waals surface area contributed by atoms with Crippen LogP contribution in [0, 0.1) is 5.92 Å². The zero-order chi connectivity index (χ0) is 11.2. The summed E-state index contributed by atoms with van der Waals surface area (Å²) >= 11 is 0. The molecule has 0 saturated carbocycles. The monoisotopic (exact) mass is 221 g/mol. The Morgan fingerprint density at radius 1 is 1.21 bits per heavy atom. The average molecular weight is 221 g/mol. The van der Waals surface area contributed by atoms with Crippen LogP contribution < -0.4 is 5.32 Å². The highest BCUT2D eigenvalue weighted by molar-refractivity contribution is 7.91. The molecule has 0 saturated heterocycles. The Hall–Kier alpha value is -0.0900. The second-order valence-corrected chi connectivity index (χ2v) is 6.15. The highest BCUT2D eigenvalue weighted by Crippen LogP contribution is 2.10. The van der Waals surface area contributed by atoms with Crippen LogP contribution in [0.3, 0.4) is 0 Å². The van der Waals surface area contributed by atoms with Gasteiger partial charge in [0.1, 0.15) is 0 Å². The minimum absolute atomic E-state index is 0.106. The highest BCUT2D eigenvalue weighted by Gasteiger charge is 2.21. The van der Waals surface area contributed by atoms with Gasteiger partial charge in [-0.05, 0) is 12.5 Å². The molecule has 0 aliphatic heterocycles. The van der Waals surface area contributed by atoms with E-state index < -0.39 is 9.84 Å². The van der Waals surface area contributed by atoms with Crippen molar-refractivity contribution in [2.24, 2.45) is 5.92 Å². The molecule has 0 spiro atoms. The molecule has 86 valence electrons. The number of sulfone groups is 1. The Morgan fingerprint density at radius 3 is 2.14 bits per heavy atom. The minimum atomic E-state index is -2.86. The first kappa shape index (κ1) is 13.9. The van der Waals surface area contributed by atoms with Crippen molar-refractivity contribution in [2.75, 3.05) is 18.1 Å². The fraction of sp³-hybridized carbons (Fsp3) is 1.00. The fourth-order valence-corrected chi connectivity index (χ4v) is 2.59. The third-order valence-electron chi connectivity index (χ3n) is 2.67. The van der Waals surface area contributed by atoms with Crippen molar-refractivity contribution in [3.8, 4) is 0 Å². The van der Waals surface area contributed by atoms with Crippen molar-refractivity contribution in [3.05, 3.63) is 0 Å². The molecule has 4 heteroatoms. The van der Waals surface area contributed by atoms with Gasteiger partial charge in [-0.1, -0.05) is 34.1 Å². The maximum atomic E-state index is 11.5. The molecule has 0 aliphatic carbocycles. The Morgan fingerprint density at radius 2 is 1.79 bits per heavy atom. The normalized spacial score (nSPS) is 16.6. The lowest BCUT2D eigenvalue weighted by atomic mass is 10.0. The van der Waals surface area contributed by atoms with Crippen molar-refractivity contribution in [1.29, 1.82) is 0 Å². The van der Waals surface area contributed by atoms with E-state index in [4.69, 9.17) is 0 Å². The van der Waals surface area contributed by atoms with Crippen LogP contribution in [0.5, 0.6) is 0 Å². The van der Waals surface area contributed by atoms with Crippen LogP contribution in [-0.2, 0) is 9.84 Å². The summed E-state index contributed by atoms with van der Waals surface area (Å²) in [7, 11) is -2.86. The summed E-state index contributed by atoms with van der Waals surface area (Å²) in [5.74, 6) is 0.925. The molecule has 14 heavy (non-hydrogen) atoms. The van der Waals surface area contributed by atoms with Gasteiger partial charge in [-0.25, -0.2) is 8.42 Å². The van der Waals surface area contributed by atoms with Gasteiger partial charge in [0.2, 0.25) is 0 Å². The summed E-state index contributed by atoms with van der Waals surface area (Å²) in [5.41, 5.74) is 0. The van der Waals surface area contributed by atoms with Crippen molar-refractivity contribution in [3.63, 3.8) is 0 Å². The molecule has 0 aromatic heterocycles. The summed E-state index contributed by atoms with van der Waals surface area (Å²) in [6.07, 6.45) is 1.01. The maximum absolute atomic E-state index is 11.5. The summed E-state index contributed by atoms with van der Waals surface area (Å²) in [5, 5.41) is 3.24. The smallest absolute Gasteiger partial charge is 0.151 e. The molecule has 0 aromatic rings. The molecule has 2 unspecified atom stereocenters. The van der Waals surface area contributed by atoms with Gasteiger partial charge >= 0.3 is 0 Å². The van der Waals surface area contributed by atoms with Gasteiger partial charge in [-0.15, -0.1) is 0 Å². The summed E-state index contributed by atoms with van der Waals surface area (Å²) in [6, 6.07) is 0.106. The van der Waals surface area contributed by atoms with Gasteiger partial charge in [0.15, 0.2) is 9.84 Å². The van der Waals surface area contributed by atoms with Crippen LogP contribution >= 0.6 is 0 Å². The Labute approximate surface area is 88.2 Å². The van der Waals surface area contributed by atoms with Crippen LogP contribution in [-0.4, -0.2) is 32.5 Å².